The van der Waals surface area contributed by atoms with Gasteiger partial charge in [0.2, 0.25) is 0 Å². The third kappa shape index (κ3) is 3.21. The molecule has 0 fully saturated rings. The Morgan fingerprint density at radius 1 is 2.00 bits per heavy atom. The second-order valence-corrected chi connectivity index (χ2v) is 1.16. The zero-order valence-corrected chi connectivity index (χ0v) is 4.81. The lowest BCUT2D eigenvalue weighted by molar-refractivity contribution is -0.139. The van der Waals surface area contributed by atoms with Crippen molar-refractivity contribution in [3.8, 4) is 0 Å². The largest absolute Gasteiger partial charge is 0.468 e. The molecule has 0 atom stereocenters. The summed E-state index contributed by atoms with van der Waals surface area (Å²) in [6, 6.07) is 0. The molecule has 0 aliphatic heterocycles. The molecule has 0 rings (SSSR count). The molecule has 1 N–H and O–H groups in total. The summed E-state index contributed by atoms with van der Waals surface area (Å²) in [5, 5.41) is 2.59. The predicted octanol–water partition coefficient (Wildman–Crippen LogP) is -0.108. The highest BCUT2D eigenvalue weighted by Gasteiger charge is 1.92. The van der Waals surface area contributed by atoms with E-state index >= 15 is 0 Å². The minimum atomic E-state index is -0.287. The van der Waals surface area contributed by atoms with E-state index in [0.29, 0.717) is 0 Å². The van der Waals surface area contributed by atoms with Crippen molar-refractivity contribution >= 4 is 5.97 Å². The quantitative estimate of drug-likeness (QED) is 0.522. The lowest BCUT2D eigenvalue weighted by Crippen LogP contribution is -2.18. The van der Waals surface area contributed by atoms with E-state index in [1.54, 1.807) is 0 Å². The second kappa shape index (κ2) is 4.18. The molecule has 0 unspecified atom stereocenters. The number of rotatable bonds is 3. The molecular weight excluding hydrogens is 106 g/mol. The molecule has 46 valence electrons. The number of esters is 1. The number of carbonyl (C=O) groups is 1. The zero-order chi connectivity index (χ0) is 6.41. The minimum absolute atomic E-state index is 0.194. The standard InChI is InChI=1S/C5H9NO2/c1-3-6-4-5(7)8-2/h3,6H,1,4H2,2H3. The van der Waals surface area contributed by atoms with Gasteiger partial charge >= 0.3 is 5.97 Å². The van der Waals surface area contributed by atoms with Gasteiger partial charge in [0.1, 0.15) is 6.54 Å². The average Bonchev–Trinajstić information content (AvgIpc) is 1.83. The summed E-state index contributed by atoms with van der Waals surface area (Å²) in [5.74, 6) is -0.287. The SMILES string of the molecule is C=CNCC(=O)OC. The van der Waals surface area contributed by atoms with Gasteiger partial charge in [-0.3, -0.25) is 4.79 Å². The minimum Gasteiger partial charge on any atom is -0.468 e. The maximum absolute atomic E-state index is 10.2. The van der Waals surface area contributed by atoms with Crippen LogP contribution in [0.1, 0.15) is 0 Å². The molecule has 0 saturated carbocycles. The van der Waals surface area contributed by atoms with Crippen LogP contribution in [0.2, 0.25) is 0 Å². The van der Waals surface area contributed by atoms with Gasteiger partial charge in [-0.2, -0.15) is 0 Å². The summed E-state index contributed by atoms with van der Waals surface area (Å²) in [6.45, 7) is 3.54. The Hall–Kier alpha value is -0.990. The van der Waals surface area contributed by atoms with E-state index in [2.05, 4.69) is 16.6 Å². The molecule has 8 heavy (non-hydrogen) atoms. The first-order valence-corrected chi connectivity index (χ1v) is 2.22. The van der Waals surface area contributed by atoms with Gasteiger partial charge in [-0.15, -0.1) is 0 Å². The highest BCUT2D eigenvalue weighted by atomic mass is 16.5. The van der Waals surface area contributed by atoms with Gasteiger partial charge in [-0.1, -0.05) is 6.58 Å². The van der Waals surface area contributed by atoms with E-state index in [9.17, 15) is 4.79 Å². The molecule has 3 heteroatoms. The zero-order valence-electron chi connectivity index (χ0n) is 4.81. The molecule has 0 aromatic carbocycles. The van der Waals surface area contributed by atoms with Crippen LogP contribution in [-0.2, 0) is 9.53 Å². The number of carbonyl (C=O) groups excluding carboxylic acids is 1. The molecule has 0 aromatic heterocycles. The Balaban J connectivity index is 3.11. The van der Waals surface area contributed by atoms with E-state index in [0.717, 1.165) is 0 Å². The van der Waals surface area contributed by atoms with Crippen molar-refractivity contribution < 1.29 is 9.53 Å². The van der Waals surface area contributed by atoms with Crippen LogP contribution in [0.25, 0.3) is 0 Å². The Morgan fingerprint density at radius 3 is 3.00 bits per heavy atom. The molecule has 0 aliphatic carbocycles. The van der Waals surface area contributed by atoms with Gasteiger partial charge in [0, 0.05) is 0 Å². The maximum atomic E-state index is 10.2. The van der Waals surface area contributed by atoms with Crippen LogP contribution in [-0.4, -0.2) is 19.6 Å². The summed E-state index contributed by atoms with van der Waals surface area (Å²) in [7, 11) is 1.34. The monoisotopic (exact) mass is 115 g/mol. The fourth-order valence-corrected chi connectivity index (χ4v) is 0.228. The van der Waals surface area contributed by atoms with Crippen LogP contribution >= 0.6 is 0 Å². The third-order valence-electron chi connectivity index (χ3n) is 0.618. The topological polar surface area (TPSA) is 38.3 Å². The lowest BCUT2D eigenvalue weighted by Gasteiger charge is -1.95. The normalized spacial score (nSPS) is 7.62. The van der Waals surface area contributed by atoms with Crippen LogP contribution in [0.5, 0.6) is 0 Å². The van der Waals surface area contributed by atoms with Gasteiger partial charge in [-0.05, 0) is 6.20 Å². The van der Waals surface area contributed by atoms with E-state index in [1.807, 2.05) is 0 Å². The molecule has 3 nitrogen and oxygen atoms in total. The van der Waals surface area contributed by atoms with Gasteiger partial charge in [0.15, 0.2) is 0 Å². The first-order valence-electron chi connectivity index (χ1n) is 2.22. The Labute approximate surface area is 48.3 Å². The fourth-order valence-electron chi connectivity index (χ4n) is 0.228. The van der Waals surface area contributed by atoms with Crippen molar-refractivity contribution in [3.05, 3.63) is 12.8 Å². The number of ether oxygens (including phenoxy) is 1. The molecule has 0 spiro atoms. The average molecular weight is 115 g/mol. The molecule has 0 saturated heterocycles. The maximum Gasteiger partial charge on any atom is 0.325 e. The number of hydrogen-bond acceptors (Lipinski definition) is 3. The highest BCUT2D eigenvalue weighted by Crippen LogP contribution is 1.67. The number of methoxy groups -OCH3 is 1. The molecule has 0 aliphatic rings. The van der Waals surface area contributed by atoms with Gasteiger partial charge < -0.3 is 10.1 Å². The summed E-state index contributed by atoms with van der Waals surface area (Å²) in [6.07, 6.45) is 1.44. The van der Waals surface area contributed by atoms with Crippen molar-refractivity contribution in [1.82, 2.24) is 5.32 Å². The van der Waals surface area contributed by atoms with Gasteiger partial charge in [-0.25, -0.2) is 0 Å². The van der Waals surface area contributed by atoms with Crippen LogP contribution in [0.15, 0.2) is 12.8 Å². The molecule has 0 bridgehead atoms. The van der Waals surface area contributed by atoms with Crippen LogP contribution < -0.4 is 5.32 Å². The smallest absolute Gasteiger partial charge is 0.325 e. The van der Waals surface area contributed by atoms with Crippen molar-refractivity contribution in [2.45, 2.75) is 0 Å². The summed E-state index contributed by atoms with van der Waals surface area (Å²) >= 11 is 0. The first-order chi connectivity index (χ1) is 3.81. The van der Waals surface area contributed by atoms with Crippen molar-refractivity contribution in [1.29, 1.82) is 0 Å². The number of hydrogen-bond donors (Lipinski definition) is 1. The van der Waals surface area contributed by atoms with Crippen molar-refractivity contribution in [2.75, 3.05) is 13.7 Å². The number of nitrogens with one attached hydrogen (secondary N) is 1. The molecular formula is C5H9NO2. The Morgan fingerprint density at radius 2 is 2.62 bits per heavy atom. The molecule has 0 radical (unpaired) electrons. The molecule has 0 heterocycles. The van der Waals surface area contributed by atoms with E-state index in [4.69, 9.17) is 0 Å². The van der Waals surface area contributed by atoms with Gasteiger partial charge in [0.25, 0.3) is 0 Å². The summed E-state index contributed by atoms with van der Waals surface area (Å²) < 4.78 is 4.30. The summed E-state index contributed by atoms with van der Waals surface area (Å²) in [4.78, 5) is 10.2. The Bertz CT molecular complexity index is 90.4. The Kier molecular flexibility index (Phi) is 3.66. The van der Waals surface area contributed by atoms with Crippen LogP contribution in [0, 0.1) is 0 Å². The van der Waals surface area contributed by atoms with Crippen molar-refractivity contribution in [3.63, 3.8) is 0 Å². The van der Waals surface area contributed by atoms with E-state index < -0.39 is 0 Å². The molecule has 0 amide bonds. The van der Waals surface area contributed by atoms with E-state index in [-0.39, 0.29) is 12.5 Å². The fraction of sp³-hybridized carbons (Fsp3) is 0.400. The van der Waals surface area contributed by atoms with Crippen LogP contribution in [0.3, 0.4) is 0 Å². The lowest BCUT2D eigenvalue weighted by atomic mass is 10.6. The molecule has 0 aromatic rings. The van der Waals surface area contributed by atoms with Gasteiger partial charge in [0.05, 0.1) is 7.11 Å². The van der Waals surface area contributed by atoms with Crippen molar-refractivity contribution in [2.24, 2.45) is 0 Å². The second-order valence-electron chi connectivity index (χ2n) is 1.16. The van der Waals surface area contributed by atoms with Crippen LogP contribution in [0.4, 0.5) is 0 Å². The van der Waals surface area contributed by atoms with E-state index in [1.165, 1.54) is 13.3 Å². The first kappa shape index (κ1) is 7.01. The predicted molar refractivity (Wildman–Crippen MR) is 30.2 cm³/mol. The summed E-state index contributed by atoms with van der Waals surface area (Å²) in [5.41, 5.74) is 0. The third-order valence-corrected chi connectivity index (χ3v) is 0.618. The highest BCUT2D eigenvalue weighted by molar-refractivity contribution is 5.71.